The highest BCUT2D eigenvalue weighted by atomic mass is 15.3. The molecule has 4 nitrogen and oxygen atoms in total. The molecule has 0 aliphatic rings. The summed E-state index contributed by atoms with van der Waals surface area (Å²) in [5.74, 6) is 3.07. The largest absolute Gasteiger partial charge is 0.330 e. The molecule has 1 atom stereocenters. The van der Waals surface area contributed by atoms with Crippen LogP contribution in [0.4, 0.5) is 0 Å². The molecule has 0 amide bonds. The van der Waals surface area contributed by atoms with E-state index in [1.807, 2.05) is 11.7 Å². The van der Waals surface area contributed by atoms with E-state index in [1.165, 1.54) is 0 Å². The number of nitrogens with two attached hydrogens (primary N) is 1. The molecular formula is C11H22N4. The van der Waals surface area contributed by atoms with Crippen LogP contribution in [0.2, 0.25) is 0 Å². The standard InChI is InChI=1S/C11H22N4/c1-8(2)5-10-13-11(15(4)14-10)6-9(3)7-12/h8-9H,5-7,12H2,1-4H3. The Bertz CT molecular complexity index is 304. The molecule has 0 spiro atoms. The van der Waals surface area contributed by atoms with Crippen molar-refractivity contribution in [2.45, 2.75) is 33.6 Å². The first kappa shape index (κ1) is 12.2. The van der Waals surface area contributed by atoms with Crippen LogP contribution in [-0.2, 0) is 19.9 Å². The van der Waals surface area contributed by atoms with Gasteiger partial charge in [-0.2, -0.15) is 5.10 Å². The molecule has 4 heteroatoms. The van der Waals surface area contributed by atoms with Gasteiger partial charge in [0.15, 0.2) is 5.82 Å². The predicted octanol–water partition coefficient (Wildman–Crippen LogP) is 1.15. The van der Waals surface area contributed by atoms with Gasteiger partial charge in [-0.15, -0.1) is 0 Å². The second-order valence-corrected chi connectivity index (χ2v) is 4.71. The van der Waals surface area contributed by atoms with Gasteiger partial charge in [0.2, 0.25) is 0 Å². The van der Waals surface area contributed by atoms with Gasteiger partial charge < -0.3 is 5.73 Å². The van der Waals surface area contributed by atoms with Crippen LogP contribution in [0.15, 0.2) is 0 Å². The third-order valence-electron chi connectivity index (χ3n) is 2.42. The van der Waals surface area contributed by atoms with E-state index in [1.54, 1.807) is 0 Å². The maximum atomic E-state index is 5.60. The predicted molar refractivity (Wildman–Crippen MR) is 61.5 cm³/mol. The second kappa shape index (κ2) is 5.26. The molecule has 1 aromatic heterocycles. The van der Waals surface area contributed by atoms with E-state index in [-0.39, 0.29) is 0 Å². The fourth-order valence-corrected chi connectivity index (χ4v) is 1.50. The Morgan fingerprint density at radius 3 is 2.47 bits per heavy atom. The van der Waals surface area contributed by atoms with E-state index in [4.69, 9.17) is 5.73 Å². The van der Waals surface area contributed by atoms with Gasteiger partial charge in [0.05, 0.1) is 0 Å². The van der Waals surface area contributed by atoms with Crippen LogP contribution in [0.1, 0.15) is 32.4 Å². The number of aromatic nitrogens is 3. The second-order valence-electron chi connectivity index (χ2n) is 4.71. The molecule has 0 aliphatic carbocycles. The highest BCUT2D eigenvalue weighted by Gasteiger charge is 2.11. The Kier molecular flexibility index (Phi) is 4.27. The van der Waals surface area contributed by atoms with Crippen molar-refractivity contribution in [1.82, 2.24) is 14.8 Å². The van der Waals surface area contributed by atoms with Crippen LogP contribution < -0.4 is 5.73 Å². The molecular weight excluding hydrogens is 188 g/mol. The molecule has 0 fully saturated rings. The van der Waals surface area contributed by atoms with Gasteiger partial charge in [-0.25, -0.2) is 4.98 Å². The summed E-state index contributed by atoms with van der Waals surface area (Å²) in [5, 5.41) is 4.40. The Morgan fingerprint density at radius 2 is 1.93 bits per heavy atom. The van der Waals surface area contributed by atoms with Gasteiger partial charge in [-0.05, 0) is 18.4 Å². The Hall–Kier alpha value is -0.900. The number of aryl methyl sites for hydroxylation is 1. The molecule has 1 aromatic rings. The van der Waals surface area contributed by atoms with Crippen molar-refractivity contribution >= 4 is 0 Å². The van der Waals surface area contributed by atoms with Gasteiger partial charge in [-0.3, -0.25) is 4.68 Å². The van der Waals surface area contributed by atoms with E-state index in [0.717, 1.165) is 24.5 Å². The van der Waals surface area contributed by atoms with Crippen molar-refractivity contribution in [3.63, 3.8) is 0 Å². The zero-order chi connectivity index (χ0) is 11.4. The van der Waals surface area contributed by atoms with Crippen molar-refractivity contribution in [2.24, 2.45) is 24.6 Å². The Labute approximate surface area is 91.9 Å². The molecule has 0 saturated carbocycles. The van der Waals surface area contributed by atoms with Crippen molar-refractivity contribution < 1.29 is 0 Å². The SMILES string of the molecule is CC(C)Cc1nc(CC(C)CN)n(C)n1. The Morgan fingerprint density at radius 1 is 1.27 bits per heavy atom. The van der Waals surface area contributed by atoms with Gasteiger partial charge in [0.25, 0.3) is 0 Å². The van der Waals surface area contributed by atoms with Gasteiger partial charge in [0, 0.05) is 19.9 Å². The van der Waals surface area contributed by atoms with E-state index >= 15 is 0 Å². The summed E-state index contributed by atoms with van der Waals surface area (Å²) in [7, 11) is 1.95. The lowest BCUT2D eigenvalue weighted by molar-refractivity contribution is 0.549. The molecule has 1 unspecified atom stereocenters. The molecule has 0 radical (unpaired) electrons. The minimum atomic E-state index is 0.472. The molecule has 0 aromatic carbocycles. The molecule has 86 valence electrons. The average Bonchev–Trinajstić information content (AvgIpc) is 2.45. The molecule has 1 rings (SSSR count). The lowest BCUT2D eigenvalue weighted by Gasteiger charge is -2.05. The van der Waals surface area contributed by atoms with Gasteiger partial charge in [-0.1, -0.05) is 20.8 Å². The Balaban J connectivity index is 2.68. The summed E-state index contributed by atoms with van der Waals surface area (Å²) in [6.45, 7) is 7.19. The number of nitrogens with zero attached hydrogens (tertiary/aromatic N) is 3. The quantitative estimate of drug-likeness (QED) is 0.793. The summed E-state index contributed by atoms with van der Waals surface area (Å²) >= 11 is 0. The van der Waals surface area contributed by atoms with Gasteiger partial charge in [0.1, 0.15) is 5.82 Å². The van der Waals surface area contributed by atoms with Crippen LogP contribution >= 0.6 is 0 Å². The first-order valence-corrected chi connectivity index (χ1v) is 5.61. The van der Waals surface area contributed by atoms with Crippen LogP contribution in [0, 0.1) is 11.8 Å². The lowest BCUT2D eigenvalue weighted by Crippen LogP contribution is -2.15. The zero-order valence-electron chi connectivity index (χ0n) is 10.2. The molecule has 0 saturated heterocycles. The normalized spacial score (nSPS) is 13.5. The topological polar surface area (TPSA) is 56.7 Å². The van der Waals surface area contributed by atoms with Crippen molar-refractivity contribution in [3.8, 4) is 0 Å². The molecule has 2 N–H and O–H groups in total. The number of rotatable bonds is 5. The highest BCUT2D eigenvalue weighted by molar-refractivity contribution is 4.94. The summed E-state index contributed by atoms with van der Waals surface area (Å²) in [4.78, 5) is 4.53. The monoisotopic (exact) mass is 210 g/mol. The van der Waals surface area contributed by atoms with Crippen molar-refractivity contribution in [3.05, 3.63) is 11.6 Å². The van der Waals surface area contributed by atoms with E-state index in [0.29, 0.717) is 18.4 Å². The first-order valence-electron chi connectivity index (χ1n) is 5.61. The summed E-state index contributed by atoms with van der Waals surface area (Å²) in [5.41, 5.74) is 5.60. The van der Waals surface area contributed by atoms with E-state index in [2.05, 4.69) is 30.9 Å². The van der Waals surface area contributed by atoms with Crippen LogP contribution in [0.3, 0.4) is 0 Å². The summed E-state index contributed by atoms with van der Waals surface area (Å²) in [6, 6.07) is 0. The maximum Gasteiger partial charge on any atom is 0.151 e. The van der Waals surface area contributed by atoms with E-state index < -0.39 is 0 Å². The minimum absolute atomic E-state index is 0.472. The maximum absolute atomic E-state index is 5.60. The average molecular weight is 210 g/mol. The summed E-state index contributed by atoms with van der Waals surface area (Å²) in [6.07, 6.45) is 1.86. The fourth-order valence-electron chi connectivity index (χ4n) is 1.50. The fraction of sp³-hybridized carbons (Fsp3) is 0.818. The third kappa shape index (κ3) is 3.63. The van der Waals surface area contributed by atoms with Crippen molar-refractivity contribution in [1.29, 1.82) is 0 Å². The first-order chi connectivity index (χ1) is 7.02. The van der Waals surface area contributed by atoms with Gasteiger partial charge >= 0.3 is 0 Å². The van der Waals surface area contributed by atoms with Crippen molar-refractivity contribution in [2.75, 3.05) is 6.54 Å². The molecule has 1 heterocycles. The zero-order valence-corrected chi connectivity index (χ0v) is 10.2. The minimum Gasteiger partial charge on any atom is -0.330 e. The van der Waals surface area contributed by atoms with Crippen LogP contribution in [0.25, 0.3) is 0 Å². The van der Waals surface area contributed by atoms with E-state index in [9.17, 15) is 0 Å². The van der Waals surface area contributed by atoms with Crippen LogP contribution in [-0.4, -0.2) is 21.3 Å². The number of hydrogen-bond donors (Lipinski definition) is 1. The molecule has 0 aliphatic heterocycles. The summed E-state index contributed by atoms with van der Waals surface area (Å²) < 4.78 is 1.88. The van der Waals surface area contributed by atoms with Crippen LogP contribution in [0.5, 0.6) is 0 Å². The lowest BCUT2D eigenvalue weighted by atomic mass is 10.1. The third-order valence-corrected chi connectivity index (χ3v) is 2.42. The number of hydrogen-bond acceptors (Lipinski definition) is 3. The smallest absolute Gasteiger partial charge is 0.151 e. The highest BCUT2D eigenvalue weighted by Crippen LogP contribution is 2.08. The molecule has 0 bridgehead atoms. The molecule has 15 heavy (non-hydrogen) atoms.